The van der Waals surface area contributed by atoms with Crippen molar-refractivity contribution in [2.75, 3.05) is 40.0 Å². The summed E-state index contributed by atoms with van der Waals surface area (Å²) in [6.07, 6.45) is 2.39. The molecule has 1 atom stereocenters. The van der Waals surface area contributed by atoms with E-state index in [1.54, 1.807) is 28.4 Å². The van der Waals surface area contributed by atoms with Crippen molar-refractivity contribution in [1.29, 1.82) is 0 Å². The van der Waals surface area contributed by atoms with E-state index >= 15 is 0 Å². The third-order valence-electron chi connectivity index (χ3n) is 5.26. The average Bonchev–Trinajstić information content (AvgIpc) is 3.14. The van der Waals surface area contributed by atoms with E-state index in [0.717, 1.165) is 30.4 Å². The van der Waals surface area contributed by atoms with E-state index in [1.165, 1.54) is 0 Å². The van der Waals surface area contributed by atoms with Gasteiger partial charge >= 0.3 is 0 Å². The van der Waals surface area contributed by atoms with Gasteiger partial charge in [-0.1, -0.05) is 6.07 Å². The molecule has 0 saturated carbocycles. The first kappa shape index (κ1) is 20.3. The number of sulfonamides is 1. The van der Waals surface area contributed by atoms with Crippen LogP contribution in [0.5, 0.6) is 0 Å². The van der Waals surface area contributed by atoms with Crippen molar-refractivity contribution in [2.45, 2.75) is 43.7 Å². The molecule has 2 heterocycles. The highest BCUT2D eigenvalue weighted by Gasteiger charge is 2.35. The number of hydrogen-bond acceptors (Lipinski definition) is 5. The second-order valence-corrected chi connectivity index (χ2v) is 8.89. The number of carbonyl (C=O) groups is 1. The van der Waals surface area contributed by atoms with Gasteiger partial charge in [0.1, 0.15) is 6.61 Å². The molecule has 1 amide bonds. The minimum Gasteiger partial charge on any atom is -0.383 e. The lowest BCUT2D eigenvalue weighted by Gasteiger charge is -2.30. The van der Waals surface area contributed by atoms with Crippen LogP contribution in [0.2, 0.25) is 0 Å². The maximum absolute atomic E-state index is 13.1. The predicted molar refractivity (Wildman–Crippen MR) is 101 cm³/mol. The van der Waals surface area contributed by atoms with E-state index in [9.17, 15) is 13.2 Å². The lowest BCUT2D eigenvalue weighted by Crippen LogP contribution is -2.39. The first-order valence-electron chi connectivity index (χ1n) is 9.45. The van der Waals surface area contributed by atoms with Crippen molar-refractivity contribution >= 4 is 15.9 Å². The molecule has 0 aromatic heterocycles. The van der Waals surface area contributed by atoms with Crippen molar-refractivity contribution in [2.24, 2.45) is 0 Å². The van der Waals surface area contributed by atoms with Gasteiger partial charge in [-0.25, -0.2) is 8.42 Å². The normalized spacial score (nSPS) is 20.7. The summed E-state index contributed by atoms with van der Waals surface area (Å²) in [6.45, 7) is 4.40. The van der Waals surface area contributed by atoms with E-state index in [2.05, 4.69) is 0 Å². The van der Waals surface area contributed by atoms with E-state index in [-0.39, 0.29) is 18.6 Å². The van der Waals surface area contributed by atoms with Gasteiger partial charge in [0.2, 0.25) is 15.9 Å². The zero-order chi connectivity index (χ0) is 19.4. The number of benzene rings is 1. The summed E-state index contributed by atoms with van der Waals surface area (Å²) >= 11 is 0. The Morgan fingerprint density at radius 1 is 1.26 bits per heavy atom. The molecule has 0 spiro atoms. The summed E-state index contributed by atoms with van der Waals surface area (Å²) in [4.78, 5) is 14.3. The topological polar surface area (TPSA) is 76.2 Å². The summed E-state index contributed by atoms with van der Waals surface area (Å²) < 4.78 is 38.2. The summed E-state index contributed by atoms with van der Waals surface area (Å²) in [6, 6.07) is 5.19. The molecule has 1 fully saturated rings. The van der Waals surface area contributed by atoms with Crippen LogP contribution in [0.25, 0.3) is 0 Å². The fourth-order valence-corrected chi connectivity index (χ4v) is 5.54. The fraction of sp³-hybridized carbons (Fsp3) is 0.632. The summed E-state index contributed by atoms with van der Waals surface area (Å²) in [7, 11) is -1.98. The number of amides is 1. The van der Waals surface area contributed by atoms with Gasteiger partial charge in [0.25, 0.3) is 0 Å². The Morgan fingerprint density at radius 3 is 2.81 bits per heavy atom. The minimum atomic E-state index is -3.57. The van der Waals surface area contributed by atoms with Crippen LogP contribution in [0.15, 0.2) is 23.1 Å². The standard InChI is InChI=1S/C19H28N2O5S/c1-3-26-14-19(22)20-10-8-15-6-7-18(11-16(15)12-20)27(23,24)21-9-4-5-17(21)13-25-2/h6-7,11,17H,3-5,8-10,12-14H2,1-2H3/t17-/m1/s1. The van der Waals surface area contributed by atoms with Crippen LogP contribution in [0.4, 0.5) is 0 Å². The number of ether oxygens (including phenoxy) is 2. The van der Waals surface area contributed by atoms with Gasteiger partial charge < -0.3 is 14.4 Å². The second-order valence-electron chi connectivity index (χ2n) is 7.00. The molecule has 0 aliphatic carbocycles. The Hall–Kier alpha value is -1.48. The van der Waals surface area contributed by atoms with Crippen LogP contribution in [0, 0.1) is 0 Å². The van der Waals surface area contributed by atoms with Crippen LogP contribution in [0.1, 0.15) is 30.9 Å². The number of rotatable bonds is 7. The van der Waals surface area contributed by atoms with Crippen LogP contribution in [0.3, 0.4) is 0 Å². The average molecular weight is 397 g/mol. The first-order valence-corrected chi connectivity index (χ1v) is 10.9. The van der Waals surface area contributed by atoms with Gasteiger partial charge in [0.05, 0.1) is 11.5 Å². The largest absolute Gasteiger partial charge is 0.383 e. The van der Waals surface area contributed by atoms with E-state index in [1.807, 2.05) is 13.0 Å². The van der Waals surface area contributed by atoms with E-state index in [4.69, 9.17) is 9.47 Å². The third kappa shape index (κ3) is 4.34. The number of fused-ring (bicyclic) bond motifs is 1. The van der Waals surface area contributed by atoms with Gasteiger partial charge in [-0.3, -0.25) is 4.79 Å². The van der Waals surface area contributed by atoms with Crippen LogP contribution in [-0.2, 0) is 37.3 Å². The van der Waals surface area contributed by atoms with Gasteiger partial charge in [-0.05, 0) is 49.4 Å². The SMILES string of the molecule is CCOCC(=O)N1CCc2ccc(S(=O)(=O)N3CCC[C@@H]3COC)cc2C1. The number of carbonyl (C=O) groups excluding carboxylic acids is 1. The molecule has 1 saturated heterocycles. The molecule has 150 valence electrons. The van der Waals surface area contributed by atoms with Gasteiger partial charge in [-0.15, -0.1) is 0 Å². The number of hydrogen-bond donors (Lipinski definition) is 0. The maximum Gasteiger partial charge on any atom is 0.248 e. The quantitative estimate of drug-likeness (QED) is 0.697. The van der Waals surface area contributed by atoms with Crippen molar-refractivity contribution in [1.82, 2.24) is 9.21 Å². The Labute approximate surface area is 161 Å². The highest BCUT2D eigenvalue weighted by atomic mass is 32.2. The van der Waals surface area contributed by atoms with Crippen molar-refractivity contribution in [3.63, 3.8) is 0 Å². The Balaban J connectivity index is 1.80. The summed E-state index contributed by atoms with van der Waals surface area (Å²) in [5.74, 6) is -0.0598. The van der Waals surface area contributed by atoms with Crippen LogP contribution < -0.4 is 0 Å². The molecule has 0 N–H and O–H groups in total. The molecular formula is C19H28N2O5S. The van der Waals surface area contributed by atoms with Crippen LogP contribution in [-0.4, -0.2) is 69.6 Å². The summed E-state index contributed by atoms with van der Waals surface area (Å²) in [5.41, 5.74) is 2.00. The molecule has 0 bridgehead atoms. The Bertz CT molecular complexity index is 780. The van der Waals surface area contributed by atoms with E-state index in [0.29, 0.717) is 37.7 Å². The van der Waals surface area contributed by atoms with Gasteiger partial charge in [0.15, 0.2) is 0 Å². The first-order chi connectivity index (χ1) is 13.0. The fourth-order valence-electron chi connectivity index (χ4n) is 3.81. The Kier molecular flexibility index (Phi) is 6.52. The molecule has 2 aliphatic rings. The second kappa shape index (κ2) is 8.68. The van der Waals surface area contributed by atoms with Crippen molar-refractivity contribution < 1.29 is 22.7 Å². The van der Waals surface area contributed by atoms with Gasteiger partial charge in [-0.2, -0.15) is 4.31 Å². The molecule has 1 aromatic carbocycles. The zero-order valence-electron chi connectivity index (χ0n) is 16.0. The van der Waals surface area contributed by atoms with Gasteiger partial charge in [0, 0.05) is 39.4 Å². The highest BCUT2D eigenvalue weighted by molar-refractivity contribution is 7.89. The maximum atomic E-state index is 13.1. The molecule has 2 aliphatic heterocycles. The van der Waals surface area contributed by atoms with Crippen molar-refractivity contribution in [3.8, 4) is 0 Å². The number of methoxy groups -OCH3 is 1. The molecule has 0 unspecified atom stereocenters. The molecular weight excluding hydrogens is 368 g/mol. The highest BCUT2D eigenvalue weighted by Crippen LogP contribution is 2.29. The lowest BCUT2D eigenvalue weighted by molar-refractivity contribution is -0.136. The molecule has 0 radical (unpaired) electrons. The molecule has 3 rings (SSSR count). The zero-order valence-corrected chi connectivity index (χ0v) is 16.8. The smallest absolute Gasteiger partial charge is 0.248 e. The Morgan fingerprint density at radius 2 is 2.07 bits per heavy atom. The monoisotopic (exact) mass is 396 g/mol. The minimum absolute atomic E-state index is 0.0598. The molecule has 27 heavy (non-hydrogen) atoms. The lowest BCUT2D eigenvalue weighted by atomic mass is 10.00. The predicted octanol–water partition coefficient (Wildman–Crippen LogP) is 1.41. The number of nitrogens with zero attached hydrogens (tertiary/aromatic N) is 2. The van der Waals surface area contributed by atoms with E-state index < -0.39 is 10.0 Å². The summed E-state index contributed by atoms with van der Waals surface area (Å²) in [5, 5.41) is 0. The van der Waals surface area contributed by atoms with Crippen molar-refractivity contribution in [3.05, 3.63) is 29.3 Å². The third-order valence-corrected chi connectivity index (χ3v) is 7.21. The molecule has 8 heteroatoms. The van der Waals surface area contributed by atoms with Crippen LogP contribution >= 0.6 is 0 Å². The molecule has 1 aromatic rings. The molecule has 7 nitrogen and oxygen atoms in total.